The molecule has 0 spiro atoms. The molecule has 2 fully saturated rings. The number of aromatic nitrogens is 2. The zero-order chi connectivity index (χ0) is 20.2. The van der Waals surface area contributed by atoms with Crippen LogP contribution in [0.15, 0.2) is 42.7 Å². The van der Waals surface area contributed by atoms with E-state index in [1.807, 2.05) is 31.2 Å². The number of carbonyl (C=O) groups excluding carboxylic acids is 2. The first-order chi connectivity index (χ1) is 14.1. The second-order valence-electron chi connectivity index (χ2n) is 7.44. The summed E-state index contributed by atoms with van der Waals surface area (Å²) in [6.45, 7) is 4.41. The molecule has 0 saturated carbocycles. The number of benzene rings is 1. The predicted octanol–water partition coefficient (Wildman–Crippen LogP) is 2.10. The monoisotopic (exact) mass is 395 g/mol. The Kier molecular flexibility index (Phi) is 5.59. The molecule has 1 aromatic carbocycles. The molecule has 29 heavy (non-hydrogen) atoms. The van der Waals surface area contributed by atoms with E-state index in [9.17, 15) is 9.59 Å². The maximum Gasteiger partial charge on any atom is 0.325 e. The van der Waals surface area contributed by atoms with E-state index in [1.54, 1.807) is 33.2 Å². The molecule has 4 rings (SSSR count). The summed E-state index contributed by atoms with van der Waals surface area (Å²) < 4.78 is 5.81. The number of urea groups is 1. The molecular formula is C21H25N5O3. The average Bonchev–Trinajstić information content (AvgIpc) is 3.10. The van der Waals surface area contributed by atoms with Crippen molar-refractivity contribution in [3.63, 3.8) is 0 Å². The molecule has 152 valence electrons. The third-order valence-electron chi connectivity index (χ3n) is 5.31. The number of ether oxygens (including phenoxy) is 1. The largest absolute Gasteiger partial charge is 0.458 e. The summed E-state index contributed by atoms with van der Waals surface area (Å²) >= 11 is 0. The number of anilines is 1. The highest BCUT2D eigenvalue weighted by Crippen LogP contribution is 2.21. The minimum atomic E-state index is -0.131. The summed E-state index contributed by atoms with van der Waals surface area (Å²) in [4.78, 5) is 38.9. The van der Waals surface area contributed by atoms with Gasteiger partial charge >= 0.3 is 12.0 Å². The first-order valence-corrected chi connectivity index (χ1v) is 9.95. The van der Waals surface area contributed by atoms with Crippen LogP contribution in [0.2, 0.25) is 0 Å². The number of likely N-dealkylation sites (tertiary alicyclic amines) is 1. The molecule has 0 unspecified atom stereocenters. The number of hydrogen-bond acceptors (Lipinski definition) is 5. The van der Waals surface area contributed by atoms with Gasteiger partial charge in [-0.3, -0.25) is 9.69 Å². The van der Waals surface area contributed by atoms with Crippen LogP contribution in [0, 0.1) is 6.92 Å². The summed E-state index contributed by atoms with van der Waals surface area (Å²) in [5, 5.41) is 0. The van der Waals surface area contributed by atoms with Gasteiger partial charge in [0.25, 0.3) is 0 Å². The minimum absolute atomic E-state index is 0.0496. The van der Waals surface area contributed by atoms with Crippen molar-refractivity contribution >= 4 is 17.6 Å². The summed E-state index contributed by atoms with van der Waals surface area (Å²) in [5.41, 5.74) is 2.01. The van der Waals surface area contributed by atoms with Crippen LogP contribution in [0.25, 0.3) is 0 Å². The lowest BCUT2D eigenvalue weighted by molar-refractivity contribution is -0.134. The Hall–Kier alpha value is -3.16. The minimum Gasteiger partial charge on any atom is -0.458 e. The molecule has 8 nitrogen and oxygen atoms in total. The number of piperidine rings is 1. The second-order valence-corrected chi connectivity index (χ2v) is 7.44. The van der Waals surface area contributed by atoms with E-state index in [0.717, 1.165) is 24.1 Å². The molecule has 0 aliphatic carbocycles. The molecule has 0 bridgehead atoms. The summed E-state index contributed by atoms with van der Waals surface area (Å²) in [5.74, 6) is -0.0496. The first-order valence-electron chi connectivity index (χ1n) is 9.95. The van der Waals surface area contributed by atoms with Crippen molar-refractivity contribution in [2.75, 3.05) is 37.6 Å². The van der Waals surface area contributed by atoms with Crippen LogP contribution in [0.1, 0.15) is 18.4 Å². The molecule has 2 aliphatic heterocycles. The Labute approximate surface area is 170 Å². The topological polar surface area (TPSA) is 78.9 Å². The van der Waals surface area contributed by atoms with Gasteiger partial charge in [-0.2, -0.15) is 0 Å². The van der Waals surface area contributed by atoms with Gasteiger partial charge < -0.3 is 14.5 Å². The fourth-order valence-corrected chi connectivity index (χ4v) is 3.71. The highest BCUT2D eigenvalue weighted by Gasteiger charge is 2.33. The van der Waals surface area contributed by atoms with Crippen molar-refractivity contribution in [3.05, 3.63) is 48.3 Å². The van der Waals surface area contributed by atoms with Gasteiger partial charge in [0.15, 0.2) is 0 Å². The lowest BCUT2D eigenvalue weighted by Gasteiger charge is -2.33. The first kappa shape index (κ1) is 19.2. The molecule has 0 N–H and O–H groups in total. The number of hydrogen-bond donors (Lipinski definition) is 0. The maximum atomic E-state index is 12.8. The average molecular weight is 395 g/mol. The van der Waals surface area contributed by atoms with E-state index in [1.165, 1.54) is 0 Å². The van der Waals surface area contributed by atoms with Crippen LogP contribution in [-0.2, 0) is 4.79 Å². The zero-order valence-corrected chi connectivity index (χ0v) is 16.5. The highest BCUT2D eigenvalue weighted by molar-refractivity contribution is 5.96. The van der Waals surface area contributed by atoms with Crippen molar-refractivity contribution in [1.29, 1.82) is 0 Å². The quantitative estimate of drug-likeness (QED) is 0.775. The number of nitrogens with zero attached hydrogens (tertiary/aromatic N) is 5. The SMILES string of the molecule is Cc1ccc(N2CCN(CC(=O)N3CCC[C@H](Oc4ncccn4)C3)C2=O)cc1. The Morgan fingerprint density at radius 1 is 1.14 bits per heavy atom. The van der Waals surface area contributed by atoms with Gasteiger partial charge in [0.05, 0.1) is 6.54 Å². The smallest absolute Gasteiger partial charge is 0.325 e. The number of aryl methyl sites for hydroxylation is 1. The maximum absolute atomic E-state index is 12.8. The fraction of sp³-hybridized carbons (Fsp3) is 0.429. The third-order valence-corrected chi connectivity index (χ3v) is 5.31. The molecule has 1 atom stereocenters. The standard InChI is InChI=1S/C21H25N5O3/c1-16-5-7-17(8-6-16)26-13-12-25(21(26)28)15-19(27)24-11-2-4-18(14-24)29-20-22-9-3-10-23-20/h3,5-10,18H,2,4,11-15H2,1H3/t18-/m0/s1. The number of amides is 3. The lowest BCUT2D eigenvalue weighted by Crippen LogP contribution is -2.48. The Morgan fingerprint density at radius 2 is 1.90 bits per heavy atom. The molecule has 2 aromatic rings. The van der Waals surface area contributed by atoms with E-state index in [2.05, 4.69) is 9.97 Å². The van der Waals surface area contributed by atoms with E-state index in [0.29, 0.717) is 32.2 Å². The normalized spacial score (nSPS) is 19.6. The van der Waals surface area contributed by atoms with Gasteiger partial charge in [-0.25, -0.2) is 14.8 Å². The van der Waals surface area contributed by atoms with Gasteiger partial charge in [0.2, 0.25) is 5.91 Å². The van der Waals surface area contributed by atoms with Crippen molar-refractivity contribution in [2.45, 2.75) is 25.9 Å². The molecule has 3 amide bonds. The van der Waals surface area contributed by atoms with Crippen molar-refractivity contribution < 1.29 is 14.3 Å². The fourth-order valence-electron chi connectivity index (χ4n) is 3.71. The Balaban J connectivity index is 1.33. The highest BCUT2D eigenvalue weighted by atomic mass is 16.5. The van der Waals surface area contributed by atoms with Gasteiger partial charge in [-0.15, -0.1) is 0 Å². The van der Waals surface area contributed by atoms with Crippen molar-refractivity contribution in [2.24, 2.45) is 0 Å². The van der Waals surface area contributed by atoms with E-state index >= 15 is 0 Å². The lowest BCUT2D eigenvalue weighted by atomic mass is 10.1. The van der Waals surface area contributed by atoms with Crippen molar-refractivity contribution in [3.8, 4) is 6.01 Å². The van der Waals surface area contributed by atoms with E-state index < -0.39 is 0 Å². The van der Waals surface area contributed by atoms with Crippen LogP contribution in [0.5, 0.6) is 6.01 Å². The van der Waals surface area contributed by atoms with Crippen LogP contribution >= 0.6 is 0 Å². The van der Waals surface area contributed by atoms with Gasteiger partial charge in [-0.05, 0) is 38.0 Å². The Bertz CT molecular complexity index is 858. The molecule has 0 radical (unpaired) electrons. The van der Waals surface area contributed by atoms with E-state index in [-0.39, 0.29) is 24.6 Å². The van der Waals surface area contributed by atoms with Gasteiger partial charge in [0.1, 0.15) is 12.6 Å². The molecule has 3 heterocycles. The predicted molar refractivity (Wildman–Crippen MR) is 108 cm³/mol. The number of rotatable bonds is 5. The summed E-state index contributed by atoms with van der Waals surface area (Å²) in [6.07, 6.45) is 4.84. The Morgan fingerprint density at radius 3 is 2.66 bits per heavy atom. The second kappa shape index (κ2) is 8.46. The number of carbonyl (C=O) groups is 2. The van der Waals surface area contributed by atoms with Crippen LogP contribution < -0.4 is 9.64 Å². The summed E-state index contributed by atoms with van der Waals surface area (Å²) in [6, 6.07) is 9.80. The third kappa shape index (κ3) is 4.47. The molecule has 2 aliphatic rings. The van der Waals surface area contributed by atoms with Gasteiger partial charge in [-0.1, -0.05) is 17.7 Å². The van der Waals surface area contributed by atoms with Crippen LogP contribution in [0.4, 0.5) is 10.5 Å². The van der Waals surface area contributed by atoms with E-state index in [4.69, 9.17) is 4.74 Å². The van der Waals surface area contributed by atoms with Gasteiger partial charge in [0, 0.05) is 37.7 Å². The van der Waals surface area contributed by atoms with Crippen molar-refractivity contribution in [1.82, 2.24) is 19.8 Å². The summed E-state index contributed by atoms with van der Waals surface area (Å²) in [7, 11) is 0. The van der Waals surface area contributed by atoms with Crippen LogP contribution in [-0.4, -0.2) is 70.5 Å². The van der Waals surface area contributed by atoms with Crippen LogP contribution in [0.3, 0.4) is 0 Å². The molecule has 8 heteroatoms. The molecular weight excluding hydrogens is 370 g/mol. The zero-order valence-electron chi connectivity index (χ0n) is 16.5. The molecule has 2 saturated heterocycles. The molecule has 1 aromatic heterocycles.